The van der Waals surface area contributed by atoms with Crippen LogP contribution >= 0.6 is 11.6 Å². The Hall–Kier alpha value is -2.36. The van der Waals surface area contributed by atoms with E-state index >= 15 is 0 Å². The number of aromatic amines is 1. The fourth-order valence-electron chi connectivity index (χ4n) is 3.53. The van der Waals surface area contributed by atoms with Crippen LogP contribution < -0.4 is 10.5 Å². The molecule has 2 heterocycles. The highest BCUT2D eigenvalue weighted by molar-refractivity contribution is 7.93. The summed E-state index contributed by atoms with van der Waals surface area (Å²) in [5, 5.41) is 16.3. The van der Waals surface area contributed by atoms with Crippen molar-refractivity contribution in [1.29, 1.82) is 0 Å². The van der Waals surface area contributed by atoms with Crippen molar-refractivity contribution in [2.75, 3.05) is 10.5 Å². The topological polar surface area (TPSA) is 134 Å². The van der Waals surface area contributed by atoms with Crippen LogP contribution in [-0.2, 0) is 10.0 Å². The normalized spacial score (nSPS) is 20.4. The van der Waals surface area contributed by atoms with Crippen LogP contribution in [0.15, 0.2) is 30.3 Å². The van der Waals surface area contributed by atoms with Gasteiger partial charge in [0.2, 0.25) is 10.0 Å². The van der Waals surface area contributed by atoms with E-state index in [1.54, 1.807) is 24.3 Å². The number of sulfonamides is 1. The molecule has 4 rings (SSSR count). The maximum atomic E-state index is 12.6. The molecule has 0 radical (unpaired) electrons. The number of benzene rings is 1. The van der Waals surface area contributed by atoms with E-state index in [1.165, 1.54) is 6.07 Å². The number of aliphatic hydroxyl groups is 1. The fraction of sp³-hybridized carbons (Fsp3) is 0.333. The van der Waals surface area contributed by atoms with Crippen LogP contribution in [0.1, 0.15) is 25.7 Å². The quantitative estimate of drug-likeness (QED) is 0.511. The van der Waals surface area contributed by atoms with Crippen LogP contribution in [0, 0.1) is 0 Å². The average Bonchev–Trinajstić information content (AvgIpc) is 3.02. The highest BCUT2D eigenvalue weighted by Gasteiger charge is 2.34. The SMILES string of the molecule is Nc1n[nH]c2ccc(-c3ccc(NS(=O)(=O)C4CCCCC4O)cc3Cl)nc12. The smallest absolute Gasteiger partial charge is 0.238 e. The van der Waals surface area contributed by atoms with Crippen LogP contribution in [0.25, 0.3) is 22.3 Å². The number of hydrogen-bond acceptors (Lipinski definition) is 6. The van der Waals surface area contributed by atoms with E-state index in [4.69, 9.17) is 17.3 Å². The van der Waals surface area contributed by atoms with E-state index < -0.39 is 21.4 Å². The number of nitrogens with two attached hydrogens (primary N) is 1. The average molecular weight is 422 g/mol. The summed E-state index contributed by atoms with van der Waals surface area (Å²) in [5.41, 5.74) is 8.65. The summed E-state index contributed by atoms with van der Waals surface area (Å²) < 4.78 is 27.8. The zero-order chi connectivity index (χ0) is 19.9. The first kappa shape index (κ1) is 19.0. The molecule has 1 aliphatic rings. The number of aliphatic hydroxyl groups excluding tert-OH is 1. The molecule has 0 amide bonds. The summed E-state index contributed by atoms with van der Waals surface area (Å²) in [4.78, 5) is 4.48. The van der Waals surface area contributed by atoms with E-state index in [1.807, 2.05) is 0 Å². The van der Waals surface area contributed by atoms with E-state index in [-0.39, 0.29) is 0 Å². The molecule has 1 fully saturated rings. The Morgan fingerprint density at radius 2 is 2.00 bits per heavy atom. The van der Waals surface area contributed by atoms with Crippen molar-refractivity contribution >= 4 is 44.2 Å². The van der Waals surface area contributed by atoms with Crippen LogP contribution in [0.2, 0.25) is 5.02 Å². The molecule has 0 saturated heterocycles. The summed E-state index contributed by atoms with van der Waals surface area (Å²) >= 11 is 6.39. The van der Waals surface area contributed by atoms with E-state index in [0.717, 1.165) is 12.8 Å². The monoisotopic (exact) mass is 421 g/mol. The highest BCUT2D eigenvalue weighted by atomic mass is 35.5. The number of nitrogens with one attached hydrogen (secondary N) is 2. The molecular formula is C18H20ClN5O3S. The summed E-state index contributed by atoms with van der Waals surface area (Å²) in [7, 11) is -3.71. The molecule has 2 aromatic heterocycles. The second-order valence-corrected chi connectivity index (χ2v) is 9.24. The minimum atomic E-state index is -3.71. The van der Waals surface area contributed by atoms with E-state index in [2.05, 4.69) is 19.9 Å². The van der Waals surface area contributed by atoms with Crippen LogP contribution in [-0.4, -0.2) is 40.1 Å². The minimum Gasteiger partial charge on any atom is -0.392 e. The van der Waals surface area contributed by atoms with Gasteiger partial charge in [0.25, 0.3) is 0 Å². The van der Waals surface area contributed by atoms with Gasteiger partial charge >= 0.3 is 0 Å². The van der Waals surface area contributed by atoms with Gasteiger partial charge in [-0.05, 0) is 43.2 Å². The first-order valence-corrected chi connectivity index (χ1v) is 10.9. The summed E-state index contributed by atoms with van der Waals surface area (Å²) in [6.45, 7) is 0. The molecule has 3 aromatic rings. The maximum absolute atomic E-state index is 12.6. The molecule has 0 spiro atoms. The van der Waals surface area contributed by atoms with Gasteiger partial charge in [0.05, 0.1) is 28.0 Å². The van der Waals surface area contributed by atoms with Crippen LogP contribution in [0.4, 0.5) is 11.5 Å². The van der Waals surface area contributed by atoms with Gasteiger partial charge in [0, 0.05) is 5.56 Å². The Morgan fingerprint density at radius 1 is 1.21 bits per heavy atom. The molecule has 2 unspecified atom stereocenters. The fourth-order valence-corrected chi connectivity index (χ4v) is 5.44. The highest BCUT2D eigenvalue weighted by Crippen LogP contribution is 2.32. The molecule has 148 valence electrons. The molecule has 8 nitrogen and oxygen atoms in total. The largest absolute Gasteiger partial charge is 0.392 e. The molecular weight excluding hydrogens is 402 g/mol. The van der Waals surface area contributed by atoms with Gasteiger partial charge in [-0.25, -0.2) is 13.4 Å². The van der Waals surface area contributed by atoms with Crippen molar-refractivity contribution in [3.8, 4) is 11.3 Å². The molecule has 1 aliphatic carbocycles. The minimum absolute atomic E-state index is 0.295. The number of hydrogen-bond donors (Lipinski definition) is 4. The standard InChI is InChI=1S/C18H20ClN5O3S/c19-12-9-10(24-28(26,27)16-4-2-1-3-15(16)25)5-6-11(12)13-7-8-14-17(21-13)18(20)23-22-14/h5-9,15-16,24-25H,1-4H2,(H3,20,22,23). The lowest BCUT2D eigenvalue weighted by Crippen LogP contribution is -2.40. The molecule has 10 heteroatoms. The third-order valence-electron chi connectivity index (χ3n) is 5.01. The Labute approximate surface area is 167 Å². The van der Waals surface area contributed by atoms with Gasteiger partial charge in [-0.15, -0.1) is 0 Å². The van der Waals surface area contributed by atoms with Gasteiger partial charge < -0.3 is 10.8 Å². The number of pyridine rings is 1. The lowest BCUT2D eigenvalue weighted by Gasteiger charge is -2.27. The Kier molecular flexibility index (Phi) is 4.90. The second-order valence-electron chi connectivity index (χ2n) is 6.93. The van der Waals surface area contributed by atoms with Crippen LogP contribution in [0.5, 0.6) is 0 Å². The summed E-state index contributed by atoms with van der Waals surface area (Å²) in [5.74, 6) is 0.295. The lowest BCUT2D eigenvalue weighted by atomic mass is 9.97. The number of anilines is 2. The van der Waals surface area contributed by atoms with E-state index in [0.29, 0.717) is 51.7 Å². The Balaban J connectivity index is 1.61. The second kappa shape index (κ2) is 7.23. The zero-order valence-corrected chi connectivity index (χ0v) is 16.5. The number of rotatable bonds is 4. The van der Waals surface area contributed by atoms with Gasteiger partial charge in [0.1, 0.15) is 10.8 Å². The molecule has 1 aromatic carbocycles. The number of nitrogens with zero attached hydrogens (tertiary/aromatic N) is 2. The molecule has 0 aliphatic heterocycles. The van der Waals surface area contributed by atoms with Gasteiger partial charge in [-0.2, -0.15) is 5.10 Å². The van der Waals surface area contributed by atoms with E-state index in [9.17, 15) is 13.5 Å². The van der Waals surface area contributed by atoms with Gasteiger partial charge in [0.15, 0.2) is 5.82 Å². The number of nitrogen functional groups attached to an aromatic ring is 1. The van der Waals surface area contributed by atoms with Gasteiger partial charge in [-0.3, -0.25) is 9.82 Å². The third-order valence-corrected chi connectivity index (χ3v) is 7.19. The third kappa shape index (κ3) is 3.52. The van der Waals surface area contributed by atoms with Crippen molar-refractivity contribution in [3.63, 3.8) is 0 Å². The summed E-state index contributed by atoms with van der Waals surface area (Å²) in [6, 6.07) is 8.44. The van der Waals surface area contributed by atoms with Crippen molar-refractivity contribution in [2.24, 2.45) is 0 Å². The summed E-state index contributed by atoms with van der Waals surface area (Å²) in [6.07, 6.45) is 1.71. The van der Waals surface area contributed by atoms with Crippen molar-refractivity contribution in [3.05, 3.63) is 35.4 Å². The number of fused-ring (bicyclic) bond motifs is 1. The number of H-pyrrole nitrogens is 1. The molecule has 0 bridgehead atoms. The van der Waals surface area contributed by atoms with Crippen molar-refractivity contribution < 1.29 is 13.5 Å². The molecule has 2 atom stereocenters. The molecule has 5 N–H and O–H groups in total. The maximum Gasteiger partial charge on any atom is 0.238 e. The van der Waals surface area contributed by atoms with Crippen molar-refractivity contribution in [1.82, 2.24) is 15.2 Å². The number of aromatic nitrogens is 3. The molecule has 28 heavy (non-hydrogen) atoms. The Bertz CT molecular complexity index is 1130. The lowest BCUT2D eigenvalue weighted by molar-refractivity contribution is 0.133. The van der Waals surface area contributed by atoms with Gasteiger partial charge in [-0.1, -0.05) is 24.4 Å². The zero-order valence-electron chi connectivity index (χ0n) is 14.9. The predicted molar refractivity (Wildman–Crippen MR) is 110 cm³/mol. The first-order valence-electron chi connectivity index (χ1n) is 8.95. The number of halogens is 1. The first-order chi connectivity index (χ1) is 13.3. The van der Waals surface area contributed by atoms with Crippen LogP contribution in [0.3, 0.4) is 0 Å². The van der Waals surface area contributed by atoms with Crippen molar-refractivity contribution in [2.45, 2.75) is 37.0 Å². The predicted octanol–water partition coefficient (Wildman–Crippen LogP) is 2.91. The molecule has 1 saturated carbocycles. The Morgan fingerprint density at radius 3 is 2.75 bits per heavy atom.